The summed E-state index contributed by atoms with van der Waals surface area (Å²) in [7, 11) is 0. The average molecular weight is 195 g/mol. The molecule has 0 saturated carbocycles. The van der Waals surface area contributed by atoms with Crippen LogP contribution in [0.1, 0.15) is 23.6 Å². The van der Waals surface area contributed by atoms with Crippen molar-refractivity contribution in [2.24, 2.45) is 0 Å². The van der Waals surface area contributed by atoms with Crippen LogP contribution >= 0.6 is 11.6 Å². The molecule has 3 heteroatoms. The summed E-state index contributed by atoms with van der Waals surface area (Å²) in [6, 6.07) is 4.04. The van der Waals surface area contributed by atoms with Gasteiger partial charge in [-0.15, -0.1) is 11.6 Å². The molecule has 0 bridgehead atoms. The number of halogens is 1. The van der Waals surface area contributed by atoms with Crippen molar-refractivity contribution in [3.63, 3.8) is 0 Å². The van der Waals surface area contributed by atoms with Gasteiger partial charge < -0.3 is 4.40 Å². The molecule has 0 aliphatic rings. The van der Waals surface area contributed by atoms with Gasteiger partial charge in [0, 0.05) is 6.20 Å². The second-order valence-electron chi connectivity index (χ2n) is 3.23. The number of hydrogen-bond acceptors (Lipinski definition) is 1. The summed E-state index contributed by atoms with van der Waals surface area (Å²) in [4.78, 5) is 4.26. The number of rotatable bonds is 1. The quantitative estimate of drug-likeness (QED) is 0.638. The first kappa shape index (κ1) is 8.57. The molecule has 68 valence electrons. The highest BCUT2D eigenvalue weighted by molar-refractivity contribution is 6.20. The van der Waals surface area contributed by atoms with Gasteiger partial charge >= 0.3 is 0 Å². The molecule has 0 radical (unpaired) electrons. The second-order valence-corrected chi connectivity index (χ2v) is 3.89. The van der Waals surface area contributed by atoms with Crippen molar-refractivity contribution < 1.29 is 0 Å². The predicted molar refractivity (Wildman–Crippen MR) is 54.2 cm³/mol. The van der Waals surface area contributed by atoms with E-state index >= 15 is 0 Å². The van der Waals surface area contributed by atoms with Crippen LogP contribution in [0.5, 0.6) is 0 Å². The first-order valence-electron chi connectivity index (χ1n) is 4.26. The first-order chi connectivity index (χ1) is 6.18. The Bertz CT molecular complexity index is 431. The monoisotopic (exact) mass is 194 g/mol. The van der Waals surface area contributed by atoms with Crippen LogP contribution in [0, 0.1) is 6.92 Å². The van der Waals surface area contributed by atoms with E-state index in [9.17, 15) is 0 Å². The maximum absolute atomic E-state index is 6.01. The zero-order chi connectivity index (χ0) is 9.42. The number of alkyl halides is 1. The average Bonchev–Trinajstić information content (AvgIpc) is 2.46. The zero-order valence-electron chi connectivity index (χ0n) is 7.66. The number of fused-ring (bicyclic) bond motifs is 1. The molecule has 0 saturated heterocycles. The van der Waals surface area contributed by atoms with Crippen molar-refractivity contribution in [3.8, 4) is 0 Å². The van der Waals surface area contributed by atoms with Gasteiger partial charge in [-0.3, -0.25) is 0 Å². The van der Waals surface area contributed by atoms with Crippen molar-refractivity contribution in [3.05, 3.63) is 35.8 Å². The van der Waals surface area contributed by atoms with E-state index < -0.39 is 0 Å². The smallest absolute Gasteiger partial charge is 0.136 e. The van der Waals surface area contributed by atoms with Gasteiger partial charge in [0.25, 0.3) is 0 Å². The summed E-state index contributed by atoms with van der Waals surface area (Å²) in [5.41, 5.74) is 3.21. The summed E-state index contributed by atoms with van der Waals surface area (Å²) in [5, 5.41) is -0.00296. The Morgan fingerprint density at radius 3 is 2.92 bits per heavy atom. The van der Waals surface area contributed by atoms with Gasteiger partial charge in [0.15, 0.2) is 0 Å². The molecule has 0 aromatic carbocycles. The summed E-state index contributed by atoms with van der Waals surface area (Å²) < 4.78 is 2.03. The van der Waals surface area contributed by atoms with E-state index in [2.05, 4.69) is 18.1 Å². The molecular weight excluding hydrogens is 184 g/mol. The number of pyridine rings is 1. The molecule has 0 unspecified atom stereocenters. The van der Waals surface area contributed by atoms with E-state index in [4.69, 9.17) is 11.6 Å². The largest absolute Gasteiger partial charge is 0.302 e. The lowest BCUT2D eigenvalue weighted by Gasteiger charge is -2.03. The Balaban J connectivity index is 2.71. The highest BCUT2D eigenvalue weighted by Gasteiger charge is 2.07. The van der Waals surface area contributed by atoms with E-state index in [-0.39, 0.29) is 5.38 Å². The Morgan fingerprint density at radius 1 is 1.46 bits per heavy atom. The molecule has 1 atom stereocenters. The lowest BCUT2D eigenvalue weighted by Crippen LogP contribution is -1.93. The normalized spacial score (nSPS) is 13.5. The van der Waals surface area contributed by atoms with Crippen molar-refractivity contribution in [2.45, 2.75) is 19.2 Å². The van der Waals surface area contributed by atoms with E-state index in [0.29, 0.717) is 0 Å². The SMILES string of the molecule is Cc1ccc2ncc([C@@H](C)Cl)n2c1. The van der Waals surface area contributed by atoms with E-state index in [1.165, 1.54) is 5.56 Å². The fraction of sp³-hybridized carbons (Fsp3) is 0.300. The van der Waals surface area contributed by atoms with E-state index in [0.717, 1.165) is 11.3 Å². The second kappa shape index (κ2) is 3.04. The van der Waals surface area contributed by atoms with Gasteiger partial charge in [-0.2, -0.15) is 0 Å². The molecule has 2 nitrogen and oxygen atoms in total. The molecule has 13 heavy (non-hydrogen) atoms. The first-order valence-corrected chi connectivity index (χ1v) is 4.70. The topological polar surface area (TPSA) is 17.3 Å². The lowest BCUT2D eigenvalue weighted by atomic mass is 10.3. The summed E-state index contributed by atoms with van der Waals surface area (Å²) in [5.74, 6) is 0. The highest BCUT2D eigenvalue weighted by atomic mass is 35.5. The van der Waals surface area contributed by atoms with Crippen molar-refractivity contribution >= 4 is 17.2 Å². The molecule has 2 rings (SSSR count). The summed E-state index contributed by atoms with van der Waals surface area (Å²) >= 11 is 6.01. The highest BCUT2D eigenvalue weighted by Crippen LogP contribution is 2.20. The van der Waals surface area contributed by atoms with Gasteiger partial charge in [-0.25, -0.2) is 4.98 Å². The third-order valence-electron chi connectivity index (χ3n) is 2.09. The standard InChI is InChI=1S/C10H11ClN2/c1-7-3-4-10-12-5-9(8(2)11)13(10)6-7/h3-6,8H,1-2H3/t8-/m1/s1. The molecule has 0 fully saturated rings. The Morgan fingerprint density at radius 2 is 2.23 bits per heavy atom. The molecule has 0 spiro atoms. The molecule has 0 N–H and O–H groups in total. The number of aryl methyl sites for hydroxylation is 1. The van der Waals surface area contributed by atoms with E-state index in [1.54, 1.807) is 0 Å². The summed E-state index contributed by atoms with van der Waals surface area (Å²) in [6.07, 6.45) is 3.88. The van der Waals surface area contributed by atoms with Gasteiger partial charge in [-0.05, 0) is 25.5 Å². The molecule has 2 heterocycles. The van der Waals surface area contributed by atoms with Gasteiger partial charge in [0.1, 0.15) is 5.65 Å². The molecule has 2 aromatic heterocycles. The van der Waals surface area contributed by atoms with Crippen molar-refractivity contribution in [2.75, 3.05) is 0 Å². The fourth-order valence-electron chi connectivity index (χ4n) is 1.40. The van der Waals surface area contributed by atoms with Crippen molar-refractivity contribution in [1.29, 1.82) is 0 Å². The van der Waals surface area contributed by atoms with Crippen LogP contribution < -0.4 is 0 Å². The minimum Gasteiger partial charge on any atom is -0.302 e. The maximum atomic E-state index is 6.01. The Labute approximate surface area is 82.2 Å². The third-order valence-corrected chi connectivity index (χ3v) is 2.31. The van der Waals surface area contributed by atoms with Crippen LogP contribution in [-0.4, -0.2) is 9.38 Å². The predicted octanol–water partition coefficient (Wildman–Crippen LogP) is 2.94. The molecular formula is C10H11ClN2. The fourth-order valence-corrected chi connectivity index (χ4v) is 1.56. The zero-order valence-corrected chi connectivity index (χ0v) is 8.42. The third kappa shape index (κ3) is 1.42. The minimum absolute atomic E-state index is 0.00296. The van der Waals surface area contributed by atoms with Crippen LogP contribution in [0.2, 0.25) is 0 Å². The Hall–Kier alpha value is -1.02. The minimum atomic E-state index is -0.00296. The summed E-state index contributed by atoms with van der Waals surface area (Å²) in [6.45, 7) is 4.01. The van der Waals surface area contributed by atoms with E-state index in [1.807, 2.05) is 29.7 Å². The number of aromatic nitrogens is 2. The number of imidazole rings is 1. The number of hydrogen-bond donors (Lipinski definition) is 0. The molecule has 0 amide bonds. The number of nitrogens with zero attached hydrogens (tertiary/aromatic N) is 2. The van der Waals surface area contributed by atoms with Crippen LogP contribution in [0.3, 0.4) is 0 Å². The van der Waals surface area contributed by atoms with Gasteiger partial charge in [0.2, 0.25) is 0 Å². The van der Waals surface area contributed by atoms with Crippen molar-refractivity contribution in [1.82, 2.24) is 9.38 Å². The molecule has 0 aliphatic carbocycles. The lowest BCUT2D eigenvalue weighted by molar-refractivity contribution is 0.957. The van der Waals surface area contributed by atoms with Crippen LogP contribution in [-0.2, 0) is 0 Å². The van der Waals surface area contributed by atoms with Gasteiger partial charge in [0.05, 0.1) is 17.3 Å². The molecule has 2 aromatic rings. The van der Waals surface area contributed by atoms with Gasteiger partial charge in [-0.1, -0.05) is 6.07 Å². The van der Waals surface area contributed by atoms with Crippen LogP contribution in [0.25, 0.3) is 5.65 Å². The van der Waals surface area contributed by atoms with Crippen LogP contribution in [0.15, 0.2) is 24.5 Å². The Kier molecular flexibility index (Phi) is 2.00. The molecule has 0 aliphatic heterocycles. The maximum Gasteiger partial charge on any atom is 0.136 e. The van der Waals surface area contributed by atoms with Crippen LogP contribution in [0.4, 0.5) is 0 Å².